The monoisotopic (exact) mass is 344 g/mol. The normalized spacial score (nSPS) is 9.96. The summed E-state index contributed by atoms with van der Waals surface area (Å²) >= 11 is 0. The number of nitrogens with zero attached hydrogens (tertiary/aromatic N) is 2. The second-order valence-electron chi connectivity index (χ2n) is 4.84. The van der Waals surface area contributed by atoms with Gasteiger partial charge in [0, 0.05) is 12.3 Å². The first-order chi connectivity index (χ1) is 12.0. The number of nitro benzene ring substituents is 1. The molecule has 130 valence electrons. The lowest BCUT2D eigenvalue weighted by molar-refractivity contribution is -0.385. The summed E-state index contributed by atoms with van der Waals surface area (Å²) in [6.07, 6.45) is 3.01. The van der Waals surface area contributed by atoms with E-state index < -0.39 is 16.7 Å². The van der Waals surface area contributed by atoms with Crippen molar-refractivity contribution in [1.29, 1.82) is 0 Å². The van der Waals surface area contributed by atoms with Crippen LogP contribution in [0.25, 0.3) is 0 Å². The molecule has 0 fully saturated rings. The SMILES string of the molecule is CCOc1ccc([N+](=O)[O-])c(C(=O)NCC(=O)Nc2cccnc2)c1. The number of pyridine rings is 1. The van der Waals surface area contributed by atoms with Crippen molar-refractivity contribution in [2.45, 2.75) is 6.92 Å². The van der Waals surface area contributed by atoms with Gasteiger partial charge in [0.05, 0.1) is 30.0 Å². The molecule has 0 unspecified atom stereocenters. The quantitative estimate of drug-likeness (QED) is 0.582. The standard InChI is InChI=1S/C16H16N4O5/c1-2-25-12-5-6-14(20(23)24)13(8-12)16(22)18-10-15(21)19-11-4-3-7-17-9-11/h3-9H,2,10H2,1H3,(H,18,22)(H,19,21). The van der Waals surface area contributed by atoms with Crippen LogP contribution in [0, 0.1) is 10.1 Å². The zero-order valence-corrected chi connectivity index (χ0v) is 13.4. The van der Waals surface area contributed by atoms with Crippen LogP contribution < -0.4 is 15.4 Å². The second kappa shape index (κ2) is 8.39. The van der Waals surface area contributed by atoms with E-state index in [0.717, 1.165) is 0 Å². The number of carbonyl (C=O) groups excluding carboxylic acids is 2. The highest BCUT2D eigenvalue weighted by molar-refractivity contribution is 6.01. The number of anilines is 1. The van der Waals surface area contributed by atoms with Crippen molar-refractivity contribution in [3.05, 3.63) is 58.4 Å². The van der Waals surface area contributed by atoms with Gasteiger partial charge in [-0.15, -0.1) is 0 Å². The van der Waals surface area contributed by atoms with Gasteiger partial charge in [0.2, 0.25) is 5.91 Å². The molecule has 1 aromatic heterocycles. The molecule has 1 heterocycles. The average molecular weight is 344 g/mol. The summed E-state index contributed by atoms with van der Waals surface area (Å²) in [5.74, 6) is -0.891. The van der Waals surface area contributed by atoms with Gasteiger partial charge >= 0.3 is 0 Å². The molecule has 0 aliphatic rings. The number of nitrogens with one attached hydrogen (secondary N) is 2. The summed E-state index contributed by atoms with van der Waals surface area (Å²) in [6.45, 7) is 1.76. The van der Waals surface area contributed by atoms with Crippen molar-refractivity contribution < 1.29 is 19.2 Å². The lowest BCUT2D eigenvalue weighted by Crippen LogP contribution is -2.33. The van der Waals surface area contributed by atoms with Crippen molar-refractivity contribution in [3.8, 4) is 5.75 Å². The van der Waals surface area contributed by atoms with Crippen molar-refractivity contribution in [2.24, 2.45) is 0 Å². The number of rotatable bonds is 7. The lowest BCUT2D eigenvalue weighted by Gasteiger charge is -2.09. The van der Waals surface area contributed by atoms with Gasteiger partial charge in [0.15, 0.2) is 0 Å². The number of benzene rings is 1. The van der Waals surface area contributed by atoms with E-state index in [1.165, 1.54) is 24.4 Å². The van der Waals surface area contributed by atoms with E-state index in [4.69, 9.17) is 4.74 Å². The first-order valence-electron chi connectivity index (χ1n) is 7.40. The summed E-state index contributed by atoms with van der Waals surface area (Å²) in [5, 5.41) is 16.0. The van der Waals surface area contributed by atoms with Crippen LogP contribution in [0.3, 0.4) is 0 Å². The molecule has 0 bridgehead atoms. The van der Waals surface area contributed by atoms with Gasteiger partial charge < -0.3 is 15.4 Å². The molecule has 2 N–H and O–H groups in total. The molecule has 0 saturated heterocycles. The highest BCUT2D eigenvalue weighted by Crippen LogP contribution is 2.24. The van der Waals surface area contributed by atoms with Crippen molar-refractivity contribution >= 4 is 23.2 Å². The minimum Gasteiger partial charge on any atom is -0.494 e. The number of hydrogen-bond acceptors (Lipinski definition) is 6. The summed E-state index contributed by atoms with van der Waals surface area (Å²) in [5.41, 5.74) is -0.0650. The number of aromatic nitrogens is 1. The van der Waals surface area contributed by atoms with E-state index in [2.05, 4.69) is 15.6 Å². The van der Waals surface area contributed by atoms with E-state index in [1.807, 2.05) is 0 Å². The first kappa shape index (κ1) is 17.9. The van der Waals surface area contributed by atoms with Crippen molar-refractivity contribution in [3.63, 3.8) is 0 Å². The Bertz CT molecular complexity index is 779. The van der Waals surface area contributed by atoms with E-state index in [-0.39, 0.29) is 17.8 Å². The maximum atomic E-state index is 12.2. The van der Waals surface area contributed by atoms with Crippen LogP contribution in [0.4, 0.5) is 11.4 Å². The van der Waals surface area contributed by atoms with Crippen LogP contribution in [-0.4, -0.2) is 34.9 Å². The molecule has 0 radical (unpaired) electrons. The van der Waals surface area contributed by atoms with E-state index >= 15 is 0 Å². The van der Waals surface area contributed by atoms with Crippen molar-refractivity contribution in [1.82, 2.24) is 10.3 Å². The summed E-state index contributed by atoms with van der Waals surface area (Å²) in [4.78, 5) is 38.3. The predicted octanol–water partition coefficient (Wildman–Crippen LogP) is 1.76. The topological polar surface area (TPSA) is 123 Å². The Morgan fingerprint density at radius 3 is 2.76 bits per heavy atom. The Balaban J connectivity index is 2.05. The highest BCUT2D eigenvalue weighted by atomic mass is 16.6. The molecular weight excluding hydrogens is 328 g/mol. The zero-order chi connectivity index (χ0) is 18.2. The van der Waals surface area contributed by atoms with Crippen LogP contribution in [0.2, 0.25) is 0 Å². The van der Waals surface area contributed by atoms with Crippen LogP contribution >= 0.6 is 0 Å². The smallest absolute Gasteiger partial charge is 0.282 e. The molecule has 1 aromatic carbocycles. The molecule has 0 atom stereocenters. The molecule has 9 heteroatoms. The molecule has 0 spiro atoms. The summed E-state index contributed by atoms with van der Waals surface area (Å²) in [6, 6.07) is 7.17. The molecule has 0 saturated carbocycles. The van der Waals surface area contributed by atoms with Gasteiger partial charge in [0.25, 0.3) is 11.6 Å². The fourth-order valence-electron chi connectivity index (χ4n) is 2.01. The van der Waals surface area contributed by atoms with Gasteiger partial charge in [-0.05, 0) is 31.2 Å². The van der Waals surface area contributed by atoms with Gasteiger partial charge in [-0.2, -0.15) is 0 Å². The zero-order valence-electron chi connectivity index (χ0n) is 13.4. The highest BCUT2D eigenvalue weighted by Gasteiger charge is 2.21. The van der Waals surface area contributed by atoms with Gasteiger partial charge in [-0.1, -0.05) is 0 Å². The Kier molecular flexibility index (Phi) is 5.99. The van der Waals surface area contributed by atoms with Gasteiger partial charge in [-0.25, -0.2) is 0 Å². The molecule has 0 aliphatic heterocycles. The first-order valence-corrected chi connectivity index (χ1v) is 7.40. The van der Waals surface area contributed by atoms with E-state index in [9.17, 15) is 19.7 Å². The number of nitro groups is 1. The Morgan fingerprint density at radius 2 is 2.12 bits per heavy atom. The van der Waals surface area contributed by atoms with Crippen LogP contribution in [0.1, 0.15) is 17.3 Å². The van der Waals surface area contributed by atoms with Crippen LogP contribution in [0.5, 0.6) is 5.75 Å². The third kappa shape index (κ3) is 4.99. The number of ether oxygens (including phenoxy) is 1. The van der Waals surface area contributed by atoms with E-state index in [1.54, 1.807) is 25.3 Å². The van der Waals surface area contributed by atoms with Crippen LogP contribution in [0.15, 0.2) is 42.7 Å². The molecule has 0 aliphatic carbocycles. The third-order valence-corrected chi connectivity index (χ3v) is 3.08. The molecule has 25 heavy (non-hydrogen) atoms. The molecule has 2 amide bonds. The number of hydrogen-bond donors (Lipinski definition) is 2. The minimum atomic E-state index is -0.741. The fourth-order valence-corrected chi connectivity index (χ4v) is 2.01. The summed E-state index contributed by atoms with van der Waals surface area (Å²) in [7, 11) is 0. The van der Waals surface area contributed by atoms with Crippen LogP contribution in [-0.2, 0) is 4.79 Å². The Labute approximate surface area is 143 Å². The Hall–Kier alpha value is -3.49. The average Bonchev–Trinajstić information content (AvgIpc) is 2.60. The maximum Gasteiger partial charge on any atom is 0.282 e. The van der Waals surface area contributed by atoms with Gasteiger partial charge in [0.1, 0.15) is 11.3 Å². The van der Waals surface area contributed by atoms with Crippen molar-refractivity contribution in [2.75, 3.05) is 18.5 Å². The lowest BCUT2D eigenvalue weighted by atomic mass is 10.1. The number of amides is 2. The van der Waals surface area contributed by atoms with E-state index in [0.29, 0.717) is 18.0 Å². The summed E-state index contributed by atoms with van der Waals surface area (Å²) < 4.78 is 5.25. The minimum absolute atomic E-state index is 0.176. The third-order valence-electron chi connectivity index (χ3n) is 3.08. The Morgan fingerprint density at radius 1 is 1.32 bits per heavy atom. The maximum absolute atomic E-state index is 12.2. The number of carbonyl (C=O) groups is 2. The molecule has 9 nitrogen and oxygen atoms in total. The van der Waals surface area contributed by atoms with Gasteiger partial charge in [-0.3, -0.25) is 24.7 Å². The molecule has 2 rings (SSSR count). The largest absolute Gasteiger partial charge is 0.494 e. The fraction of sp³-hybridized carbons (Fsp3) is 0.188. The predicted molar refractivity (Wildman–Crippen MR) is 89.5 cm³/mol. The molecule has 2 aromatic rings. The molecular formula is C16H16N4O5. The second-order valence-corrected chi connectivity index (χ2v) is 4.84.